The van der Waals surface area contributed by atoms with Gasteiger partial charge in [0.15, 0.2) is 11.5 Å². The van der Waals surface area contributed by atoms with Crippen molar-refractivity contribution < 1.29 is 27.4 Å². The van der Waals surface area contributed by atoms with Crippen LogP contribution >= 0.6 is 22.7 Å². The van der Waals surface area contributed by atoms with E-state index in [9.17, 15) is 8.42 Å². The van der Waals surface area contributed by atoms with Gasteiger partial charge in [0.2, 0.25) is 20.6 Å². The summed E-state index contributed by atoms with van der Waals surface area (Å²) in [5.74, 6) is 1.54. The lowest BCUT2D eigenvalue weighted by atomic mass is 10.1. The van der Waals surface area contributed by atoms with E-state index < -0.39 is 10.0 Å². The Labute approximate surface area is 240 Å². The second kappa shape index (κ2) is 12.4. The van der Waals surface area contributed by atoms with Gasteiger partial charge in [-0.1, -0.05) is 0 Å². The van der Waals surface area contributed by atoms with Crippen molar-refractivity contribution in [2.75, 3.05) is 47.6 Å². The van der Waals surface area contributed by atoms with Crippen molar-refractivity contribution in [3.05, 3.63) is 69.0 Å². The van der Waals surface area contributed by atoms with Gasteiger partial charge in [0.05, 0.1) is 57.0 Å². The Kier molecular flexibility index (Phi) is 8.66. The maximum Gasteiger partial charge on any atom is 0.243 e. The first kappa shape index (κ1) is 28.1. The third-order valence-corrected chi connectivity index (χ3v) is 9.61. The van der Waals surface area contributed by atoms with E-state index in [1.807, 2.05) is 34.3 Å². The molecule has 3 heterocycles. The van der Waals surface area contributed by atoms with Crippen LogP contribution < -0.4 is 19.0 Å². The summed E-state index contributed by atoms with van der Waals surface area (Å²) < 4.78 is 51.1. The van der Waals surface area contributed by atoms with Gasteiger partial charge in [-0.3, -0.25) is 0 Å². The highest BCUT2D eigenvalue weighted by Crippen LogP contribution is 2.41. The number of benzene rings is 2. The van der Waals surface area contributed by atoms with Crippen LogP contribution in [0.2, 0.25) is 0 Å². The summed E-state index contributed by atoms with van der Waals surface area (Å²) >= 11 is 2.99. The lowest BCUT2D eigenvalue weighted by Gasteiger charge is -2.26. The zero-order chi connectivity index (χ0) is 28.1. The maximum absolute atomic E-state index is 13.0. The van der Waals surface area contributed by atoms with Gasteiger partial charge >= 0.3 is 0 Å². The van der Waals surface area contributed by atoms with Crippen LogP contribution in [0.3, 0.4) is 0 Å². The van der Waals surface area contributed by atoms with Gasteiger partial charge in [0.1, 0.15) is 0 Å². The van der Waals surface area contributed by atoms with E-state index >= 15 is 0 Å². The van der Waals surface area contributed by atoms with Crippen molar-refractivity contribution in [1.29, 1.82) is 0 Å². The summed E-state index contributed by atoms with van der Waals surface area (Å²) in [6.45, 7) is 1.47. The number of morpholine rings is 1. The van der Waals surface area contributed by atoms with E-state index in [4.69, 9.17) is 29.0 Å². The molecular formula is C27H28N4O6S3. The van der Waals surface area contributed by atoms with Crippen molar-refractivity contribution in [3.8, 4) is 28.5 Å². The predicted molar refractivity (Wildman–Crippen MR) is 156 cm³/mol. The van der Waals surface area contributed by atoms with Gasteiger partial charge in [-0.05, 0) is 53.2 Å². The zero-order valence-electron chi connectivity index (χ0n) is 22.1. The van der Waals surface area contributed by atoms with Crippen LogP contribution in [-0.4, -0.2) is 71.2 Å². The third kappa shape index (κ3) is 5.83. The monoisotopic (exact) mass is 600 g/mol. The minimum Gasteiger partial charge on any atom is -0.493 e. The molecule has 0 spiro atoms. The summed E-state index contributed by atoms with van der Waals surface area (Å²) in [5, 5.41) is 10.7. The van der Waals surface area contributed by atoms with Gasteiger partial charge in [0.25, 0.3) is 0 Å². The van der Waals surface area contributed by atoms with E-state index in [0.29, 0.717) is 54.0 Å². The molecule has 0 atom stereocenters. The first-order valence-corrected chi connectivity index (χ1v) is 15.5. The molecule has 2 aromatic heterocycles. The summed E-state index contributed by atoms with van der Waals surface area (Å²) in [6, 6.07) is 12.2. The largest absolute Gasteiger partial charge is 0.493 e. The highest BCUT2D eigenvalue weighted by atomic mass is 32.2. The quantitative estimate of drug-likeness (QED) is 0.263. The standard InChI is InChI=1S/C27H28N4O6S3/c1-34-24-14-20(15-25(35-2)26(24)36-3)23-18-39-27(31(23)28-16-19-8-13-38-17-19)29-21-4-6-22(7-5-21)40(32,33)30-9-11-37-12-10-30/h4-8,13-18H,9-12H2,1-3H3. The number of rotatable bonds is 9. The van der Waals surface area contributed by atoms with Crippen molar-refractivity contribution >= 4 is 44.6 Å². The summed E-state index contributed by atoms with van der Waals surface area (Å²) in [4.78, 5) is 5.62. The summed E-state index contributed by atoms with van der Waals surface area (Å²) in [5.41, 5.74) is 3.12. The summed E-state index contributed by atoms with van der Waals surface area (Å²) in [6.07, 6.45) is 1.77. The van der Waals surface area contributed by atoms with E-state index in [1.165, 1.54) is 15.6 Å². The number of thiazole rings is 1. The topological polar surface area (TPSA) is 104 Å². The molecular weight excluding hydrogens is 573 g/mol. The molecule has 1 aliphatic heterocycles. The lowest BCUT2D eigenvalue weighted by molar-refractivity contribution is 0.0730. The highest BCUT2D eigenvalue weighted by molar-refractivity contribution is 7.89. The third-order valence-electron chi connectivity index (χ3n) is 6.18. The average Bonchev–Trinajstić information content (AvgIpc) is 3.66. The molecule has 0 radical (unpaired) electrons. The highest BCUT2D eigenvalue weighted by Gasteiger charge is 2.26. The van der Waals surface area contributed by atoms with Gasteiger partial charge in [-0.25, -0.2) is 18.1 Å². The minimum absolute atomic E-state index is 0.223. The molecule has 10 nitrogen and oxygen atoms in total. The second-order valence-corrected chi connectivity index (χ2v) is 12.1. The van der Waals surface area contributed by atoms with Crippen LogP contribution in [0.5, 0.6) is 17.2 Å². The number of hydrogen-bond donors (Lipinski definition) is 0. The number of aromatic nitrogens is 1. The van der Waals surface area contributed by atoms with Crippen LogP contribution in [0.1, 0.15) is 5.56 Å². The van der Waals surface area contributed by atoms with Gasteiger partial charge < -0.3 is 18.9 Å². The SMILES string of the molecule is COc1cc(-c2csc(=Nc3ccc(S(=O)(=O)N4CCOCC4)cc3)n2N=Cc2ccsc2)cc(OC)c1OC. The van der Waals surface area contributed by atoms with Crippen LogP contribution in [0.15, 0.2) is 73.6 Å². The minimum atomic E-state index is -3.59. The van der Waals surface area contributed by atoms with E-state index in [-0.39, 0.29) is 4.90 Å². The number of methoxy groups -OCH3 is 3. The Morgan fingerprint density at radius 2 is 1.65 bits per heavy atom. The molecule has 210 valence electrons. The normalized spacial score (nSPS) is 15.0. The molecule has 0 amide bonds. The van der Waals surface area contributed by atoms with Crippen LogP contribution in [0.4, 0.5) is 5.69 Å². The number of ether oxygens (including phenoxy) is 4. The van der Waals surface area contributed by atoms with Gasteiger partial charge in [-0.15, -0.1) is 11.3 Å². The Bertz CT molecular complexity index is 1630. The molecule has 0 unspecified atom stereocenters. The summed E-state index contributed by atoms with van der Waals surface area (Å²) in [7, 11) is 1.11. The lowest BCUT2D eigenvalue weighted by Crippen LogP contribution is -2.40. The van der Waals surface area contributed by atoms with Crippen molar-refractivity contribution in [3.63, 3.8) is 0 Å². The fraction of sp³-hybridized carbons (Fsp3) is 0.259. The molecule has 40 heavy (non-hydrogen) atoms. The predicted octanol–water partition coefficient (Wildman–Crippen LogP) is 4.44. The van der Waals surface area contributed by atoms with Crippen LogP contribution in [-0.2, 0) is 14.8 Å². The maximum atomic E-state index is 13.0. The Morgan fingerprint density at radius 1 is 0.950 bits per heavy atom. The first-order valence-electron chi connectivity index (χ1n) is 12.2. The first-order chi connectivity index (χ1) is 19.4. The second-order valence-electron chi connectivity index (χ2n) is 8.55. The Balaban J connectivity index is 1.56. The van der Waals surface area contributed by atoms with E-state index in [2.05, 4.69) is 0 Å². The van der Waals surface area contributed by atoms with E-state index in [1.54, 1.807) is 67.8 Å². The Hall–Kier alpha value is -3.49. The average molecular weight is 601 g/mol. The van der Waals surface area contributed by atoms with Gasteiger partial charge in [0, 0.05) is 29.6 Å². The molecule has 13 heteroatoms. The van der Waals surface area contributed by atoms with Crippen LogP contribution in [0, 0.1) is 0 Å². The van der Waals surface area contributed by atoms with Crippen molar-refractivity contribution in [2.45, 2.75) is 4.90 Å². The molecule has 1 saturated heterocycles. The van der Waals surface area contributed by atoms with Gasteiger partial charge in [-0.2, -0.15) is 20.7 Å². The molecule has 0 aliphatic carbocycles. The number of sulfonamides is 1. The van der Waals surface area contributed by atoms with E-state index in [0.717, 1.165) is 16.8 Å². The Morgan fingerprint density at radius 3 is 2.25 bits per heavy atom. The number of hydrogen-bond acceptors (Lipinski definition) is 10. The fourth-order valence-electron chi connectivity index (χ4n) is 4.13. The number of nitrogens with zero attached hydrogens (tertiary/aromatic N) is 4. The molecule has 5 rings (SSSR count). The van der Waals surface area contributed by atoms with Crippen molar-refractivity contribution in [1.82, 2.24) is 8.98 Å². The fourth-order valence-corrected chi connectivity index (χ4v) is 7.00. The number of thiophene rings is 1. The molecule has 0 bridgehead atoms. The molecule has 1 fully saturated rings. The smallest absolute Gasteiger partial charge is 0.243 e. The molecule has 4 aromatic rings. The molecule has 1 aliphatic rings. The zero-order valence-corrected chi connectivity index (χ0v) is 24.6. The molecule has 2 aromatic carbocycles. The van der Waals surface area contributed by atoms with Crippen LogP contribution in [0.25, 0.3) is 11.3 Å². The van der Waals surface area contributed by atoms with Crippen molar-refractivity contribution in [2.24, 2.45) is 10.1 Å². The molecule has 0 saturated carbocycles. The molecule has 0 N–H and O–H groups in total.